The van der Waals surface area contributed by atoms with Crippen LogP contribution in [-0.2, 0) is 0 Å². The molecule has 1 heterocycles. The summed E-state index contributed by atoms with van der Waals surface area (Å²) in [6, 6.07) is 3.43. The van der Waals surface area contributed by atoms with E-state index < -0.39 is 0 Å². The maximum atomic E-state index is 8.54. The van der Waals surface area contributed by atoms with E-state index in [4.69, 9.17) is 21.6 Å². The van der Waals surface area contributed by atoms with Gasteiger partial charge in [0.15, 0.2) is 5.75 Å². The summed E-state index contributed by atoms with van der Waals surface area (Å²) in [4.78, 5) is 3.87. The van der Waals surface area contributed by atoms with Crippen molar-refractivity contribution in [2.24, 2.45) is 0 Å². The minimum absolute atomic E-state index is 0.298. The monoisotopic (exact) mass is 194 g/mol. The molecule has 0 N–H and O–H groups in total. The first kappa shape index (κ1) is 8.33. The molecule has 0 unspecified atom stereocenters. The van der Waals surface area contributed by atoms with E-state index in [0.29, 0.717) is 22.6 Å². The van der Waals surface area contributed by atoms with Crippen molar-refractivity contribution in [1.29, 1.82) is 5.26 Å². The number of pyridine rings is 1. The van der Waals surface area contributed by atoms with Gasteiger partial charge in [0.2, 0.25) is 0 Å². The van der Waals surface area contributed by atoms with Crippen molar-refractivity contribution in [2.45, 2.75) is 18.9 Å². The Labute approximate surface area is 80.9 Å². The van der Waals surface area contributed by atoms with Gasteiger partial charge in [-0.05, 0) is 18.9 Å². The highest BCUT2D eigenvalue weighted by molar-refractivity contribution is 6.32. The predicted octanol–water partition coefficient (Wildman–Crippen LogP) is 2.15. The van der Waals surface area contributed by atoms with Crippen LogP contribution in [-0.4, -0.2) is 11.1 Å². The lowest BCUT2D eigenvalue weighted by atomic mass is 10.3. The molecular weight excluding hydrogens is 188 g/mol. The standard InChI is InChI=1S/C9H7ClN2O/c10-8-3-6(4-11)12-5-9(8)13-7-1-2-7/h3,5,7H,1-2H2. The number of nitrogens with zero attached hydrogens (tertiary/aromatic N) is 2. The van der Waals surface area contributed by atoms with Crippen LogP contribution in [0.5, 0.6) is 5.75 Å². The molecule has 13 heavy (non-hydrogen) atoms. The molecule has 0 bridgehead atoms. The lowest BCUT2D eigenvalue weighted by molar-refractivity contribution is 0.302. The van der Waals surface area contributed by atoms with Crippen LogP contribution in [0.2, 0.25) is 5.02 Å². The highest BCUT2D eigenvalue weighted by Gasteiger charge is 2.24. The molecule has 1 aliphatic rings. The zero-order valence-corrected chi connectivity index (χ0v) is 7.58. The molecule has 66 valence electrons. The number of rotatable bonds is 2. The first-order chi connectivity index (χ1) is 6.29. The highest BCUT2D eigenvalue weighted by Crippen LogP contribution is 2.31. The van der Waals surface area contributed by atoms with Gasteiger partial charge in [-0.25, -0.2) is 4.98 Å². The number of hydrogen-bond acceptors (Lipinski definition) is 3. The summed E-state index contributed by atoms with van der Waals surface area (Å²) < 4.78 is 5.45. The van der Waals surface area contributed by atoms with Gasteiger partial charge in [-0.2, -0.15) is 5.26 Å². The summed E-state index contributed by atoms with van der Waals surface area (Å²) in [5.41, 5.74) is 0.313. The molecule has 1 fully saturated rings. The average molecular weight is 195 g/mol. The molecule has 1 aromatic rings. The van der Waals surface area contributed by atoms with E-state index in [1.165, 1.54) is 12.3 Å². The van der Waals surface area contributed by atoms with Gasteiger partial charge in [-0.15, -0.1) is 0 Å². The van der Waals surface area contributed by atoms with Crippen molar-refractivity contribution in [2.75, 3.05) is 0 Å². The Morgan fingerprint density at radius 2 is 2.38 bits per heavy atom. The molecule has 0 aliphatic heterocycles. The predicted molar refractivity (Wildman–Crippen MR) is 47.6 cm³/mol. The second-order valence-electron chi connectivity index (χ2n) is 2.93. The number of aromatic nitrogens is 1. The summed E-state index contributed by atoms with van der Waals surface area (Å²) in [5.74, 6) is 0.572. The summed E-state index contributed by atoms with van der Waals surface area (Å²) in [6.45, 7) is 0. The molecule has 0 saturated heterocycles. The Morgan fingerprint density at radius 3 is 2.92 bits per heavy atom. The van der Waals surface area contributed by atoms with Gasteiger partial charge >= 0.3 is 0 Å². The third kappa shape index (κ3) is 1.90. The van der Waals surface area contributed by atoms with Crippen LogP contribution in [0.15, 0.2) is 12.3 Å². The summed E-state index contributed by atoms with van der Waals surface area (Å²) >= 11 is 5.86. The zero-order chi connectivity index (χ0) is 9.26. The van der Waals surface area contributed by atoms with Gasteiger partial charge < -0.3 is 4.74 Å². The molecule has 4 heteroatoms. The van der Waals surface area contributed by atoms with E-state index in [-0.39, 0.29) is 0 Å². The molecule has 1 saturated carbocycles. The van der Waals surface area contributed by atoms with E-state index in [0.717, 1.165) is 12.8 Å². The molecule has 1 aromatic heterocycles. The molecule has 0 radical (unpaired) electrons. The Morgan fingerprint density at radius 1 is 1.62 bits per heavy atom. The van der Waals surface area contributed by atoms with Crippen molar-refractivity contribution in [3.63, 3.8) is 0 Å². The number of nitriles is 1. The zero-order valence-electron chi connectivity index (χ0n) is 6.83. The van der Waals surface area contributed by atoms with E-state index in [1.54, 1.807) is 0 Å². The van der Waals surface area contributed by atoms with Crippen LogP contribution in [0.3, 0.4) is 0 Å². The number of ether oxygens (including phenoxy) is 1. The summed E-state index contributed by atoms with van der Waals surface area (Å²) in [7, 11) is 0. The minimum atomic E-state index is 0.298. The Bertz CT molecular complexity index is 368. The van der Waals surface area contributed by atoms with E-state index in [2.05, 4.69) is 4.98 Å². The number of hydrogen-bond donors (Lipinski definition) is 0. The van der Waals surface area contributed by atoms with Gasteiger partial charge in [-0.1, -0.05) is 11.6 Å². The molecule has 0 spiro atoms. The Hall–Kier alpha value is -1.27. The van der Waals surface area contributed by atoms with Gasteiger partial charge in [0.1, 0.15) is 11.8 Å². The quantitative estimate of drug-likeness (QED) is 0.725. The van der Waals surface area contributed by atoms with Gasteiger partial charge in [0, 0.05) is 0 Å². The molecule has 0 amide bonds. The maximum Gasteiger partial charge on any atom is 0.156 e. The average Bonchev–Trinajstić information content (AvgIpc) is 2.92. The van der Waals surface area contributed by atoms with Crippen molar-refractivity contribution in [3.8, 4) is 11.8 Å². The highest BCUT2D eigenvalue weighted by atomic mass is 35.5. The molecule has 0 aromatic carbocycles. The second-order valence-corrected chi connectivity index (χ2v) is 3.34. The molecule has 1 aliphatic carbocycles. The molecular formula is C9H7ClN2O. The fraction of sp³-hybridized carbons (Fsp3) is 0.333. The first-order valence-electron chi connectivity index (χ1n) is 4.02. The largest absolute Gasteiger partial charge is 0.487 e. The minimum Gasteiger partial charge on any atom is -0.487 e. The first-order valence-corrected chi connectivity index (χ1v) is 4.39. The van der Waals surface area contributed by atoms with Crippen molar-refractivity contribution >= 4 is 11.6 Å². The van der Waals surface area contributed by atoms with Crippen LogP contribution < -0.4 is 4.74 Å². The van der Waals surface area contributed by atoms with Crippen molar-refractivity contribution in [1.82, 2.24) is 4.98 Å². The summed E-state index contributed by atoms with van der Waals surface area (Å²) in [5, 5.41) is 8.99. The van der Waals surface area contributed by atoms with E-state index in [1.807, 2.05) is 6.07 Å². The second kappa shape index (κ2) is 3.23. The smallest absolute Gasteiger partial charge is 0.156 e. The Kier molecular flexibility index (Phi) is 2.07. The topological polar surface area (TPSA) is 45.9 Å². The van der Waals surface area contributed by atoms with Gasteiger partial charge in [0.05, 0.1) is 17.3 Å². The number of halogens is 1. The fourth-order valence-corrected chi connectivity index (χ4v) is 1.13. The van der Waals surface area contributed by atoms with Gasteiger partial charge in [0.25, 0.3) is 0 Å². The lowest BCUT2D eigenvalue weighted by Crippen LogP contribution is -1.97. The van der Waals surface area contributed by atoms with Crippen LogP contribution in [0.4, 0.5) is 0 Å². The Balaban J connectivity index is 2.21. The van der Waals surface area contributed by atoms with Crippen LogP contribution in [0.1, 0.15) is 18.5 Å². The van der Waals surface area contributed by atoms with Crippen molar-refractivity contribution in [3.05, 3.63) is 23.0 Å². The van der Waals surface area contributed by atoms with Crippen LogP contribution in [0, 0.1) is 11.3 Å². The molecule has 3 nitrogen and oxygen atoms in total. The van der Waals surface area contributed by atoms with Crippen LogP contribution in [0.25, 0.3) is 0 Å². The van der Waals surface area contributed by atoms with E-state index >= 15 is 0 Å². The molecule has 2 rings (SSSR count). The lowest BCUT2D eigenvalue weighted by Gasteiger charge is -2.04. The maximum absolute atomic E-state index is 8.54. The third-order valence-corrected chi connectivity index (χ3v) is 2.05. The normalized spacial score (nSPS) is 15.1. The third-order valence-electron chi connectivity index (χ3n) is 1.75. The molecule has 0 atom stereocenters. The van der Waals surface area contributed by atoms with Crippen molar-refractivity contribution < 1.29 is 4.74 Å². The van der Waals surface area contributed by atoms with E-state index in [9.17, 15) is 0 Å². The summed E-state index contributed by atoms with van der Waals surface area (Å²) in [6.07, 6.45) is 3.96. The van der Waals surface area contributed by atoms with Gasteiger partial charge in [-0.3, -0.25) is 0 Å². The fourth-order valence-electron chi connectivity index (χ4n) is 0.932. The SMILES string of the molecule is N#Cc1cc(Cl)c(OC2CC2)cn1. The van der Waals surface area contributed by atoms with Crippen LogP contribution >= 0.6 is 11.6 Å².